The lowest BCUT2D eigenvalue weighted by Crippen LogP contribution is -2.06. The van der Waals surface area contributed by atoms with Gasteiger partial charge in [0.2, 0.25) is 0 Å². The zero-order valence-corrected chi connectivity index (χ0v) is 9.87. The smallest absolute Gasteiger partial charge is 0.335 e. The van der Waals surface area contributed by atoms with Crippen LogP contribution in [0.5, 0.6) is 0 Å². The fourth-order valence-electron chi connectivity index (χ4n) is 1.01. The summed E-state index contributed by atoms with van der Waals surface area (Å²) < 4.78 is 4.60. The molecule has 0 fully saturated rings. The van der Waals surface area contributed by atoms with Gasteiger partial charge in [0.25, 0.3) is 0 Å². The van der Waals surface area contributed by atoms with Gasteiger partial charge >= 0.3 is 5.97 Å². The Balaban J connectivity index is 0.000000304. The Morgan fingerprint density at radius 3 is 2.41 bits per heavy atom. The minimum atomic E-state index is -0.879. The minimum absolute atomic E-state index is 0.331. The van der Waals surface area contributed by atoms with E-state index in [9.17, 15) is 4.79 Å². The number of carboxylic acid groups (broad SMARTS) is 1. The molecule has 1 rings (SSSR count). The lowest BCUT2D eigenvalue weighted by Gasteiger charge is -2.06. The number of rotatable bonds is 5. The van der Waals surface area contributed by atoms with Gasteiger partial charge in [0, 0.05) is 6.42 Å². The van der Waals surface area contributed by atoms with E-state index in [4.69, 9.17) is 10.2 Å². The molecule has 0 aliphatic heterocycles. The summed E-state index contributed by atoms with van der Waals surface area (Å²) in [7, 11) is 0. The molecular formula is C13H18O4. The number of carboxylic acids is 1. The Morgan fingerprint density at radius 2 is 2.06 bits per heavy atom. The highest BCUT2D eigenvalue weighted by Crippen LogP contribution is 1.96. The molecule has 0 aliphatic rings. The summed E-state index contributed by atoms with van der Waals surface area (Å²) in [4.78, 5) is 10.2. The van der Waals surface area contributed by atoms with E-state index < -0.39 is 12.3 Å². The molecule has 2 N–H and O–H groups in total. The van der Waals surface area contributed by atoms with Gasteiger partial charge in [-0.05, 0) is 12.1 Å². The molecule has 0 heterocycles. The van der Waals surface area contributed by atoms with E-state index in [0.29, 0.717) is 12.0 Å². The van der Waals surface area contributed by atoms with Crippen LogP contribution in [0.1, 0.15) is 30.1 Å². The van der Waals surface area contributed by atoms with Crippen LogP contribution in [0.2, 0.25) is 0 Å². The van der Waals surface area contributed by atoms with Crippen LogP contribution in [0.15, 0.2) is 43.2 Å². The van der Waals surface area contributed by atoms with Gasteiger partial charge in [0.15, 0.2) is 6.29 Å². The summed E-state index contributed by atoms with van der Waals surface area (Å²) in [6.07, 6.45) is 2.19. The Kier molecular flexibility index (Phi) is 8.42. The summed E-state index contributed by atoms with van der Waals surface area (Å²) >= 11 is 0. The molecule has 0 saturated heterocycles. The summed E-state index contributed by atoms with van der Waals surface area (Å²) in [6, 6.07) is 8.30. The van der Waals surface area contributed by atoms with Gasteiger partial charge in [-0.3, -0.25) is 0 Å². The molecule has 1 unspecified atom stereocenters. The van der Waals surface area contributed by atoms with Crippen molar-refractivity contribution in [3.8, 4) is 0 Å². The highest BCUT2D eigenvalue weighted by molar-refractivity contribution is 5.87. The molecule has 4 nitrogen and oxygen atoms in total. The Morgan fingerprint density at radius 1 is 1.47 bits per heavy atom. The van der Waals surface area contributed by atoms with Crippen molar-refractivity contribution in [3.63, 3.8) is 0 Å². The molecule has 0 bridgehead atoms. The fraction of sp³-hybridized carbons (Fsp3) is 0.308. The number of carbonyl (C=O) groups is 1. The first-order chi connectivity index (χ1) is 8.11. The van der Waals surface area contributed by atoms with Gasteiger partial charge in [0.1, 0.15) is 0 Å². The van der Waals surface area contributed by atoms with Gasteiger partial charge in [0.05, 0.1) is 11.8 Å². The van der Waals surface area contributed by atoms with Gasteiger partial charge in [-0.25, -0.2) is 4.79 Å². The number of hydrogen-bond donors (Lipinski definition) is 2. The SMILES string of the molecule is C=COC(O)CCC.O=C(O)c1ccccc1. The third-order valence-electron chi connectivity index (χ3n) is 1.81. The lowest BCUT2D eigenvalue weighted by molar-refractivity contribution is -0.0558. The van der Waals surface area contributed by atoms with E-state index >= 15 is 0 Å². The Bertz CT molecular complexity index is 321. The highest BCUT2D eigenvalue weighted by Gasteiger charge is 1.97. The maximum atomic E-state index is 10.2. The number of aliphatic hydroxyl groups excluding tert-OH is 1. The topological polar surface area (TPSA) is 66.8 Å². The van der Waals surface area contributed by atoms with Crippen molar-refractivity contribution >= 4 is 5.97 Å². The number of benzene rings is 1. The molecule has 94 valence electrons. The third-order valence-corrected chi connectivity index (χ3v) is 1.81. The first kappa shape index (κ1) is 15.2. The molecule has 17 heavy (non-hydrogen) atoms. The van der Waals surface area contributed by atoms with E-state index in [1.165, 1.54) is 6.26 Å². The van der Waals surface area contributed by atoms with E-state index in [0.717, 1.165) is 6.42 Å². The van der Waals surface area contributed by atoms with Crippen LogP contribution >= 0.6 is 0 Å². The molecule has 1 aromatic rings. The van der Waals surface area contributed by atoms with Gasteiger partial charge in [-0.2, -0.15) is 0 Å². The van der Waals surface area contributed by atoms with Crippen LogP contribution in [0.25, 0.3) is 0 Å². The van der Waals surface area contributed by atoms with Crippen molar-refractivity contribution < 1.29 is 19.7 Å². The first-order valence-electron chi connectivity index (χ1n) is 5.34. The van der Waals surface area contributed by atoms with Crippen molar-refractivity contribution in [2.24, 2.45) is 0 Å². The van der Waals surface area contributed by atoms with E-state index in [1.807, 2.05) is 6.92 Å². The molecule has 0 saturated carbocycles. The number of hydrogen-bond acceptors (Lipinski definition) is 3. The second kappa shape index (κ2) is 9.42. The number of ether oxygens (including phenoxy) is 1. The molecule has 0 spiro atoms. The summed E-state index contributed by atoms with van der Waals surface area (Å²) in [5.74, 6) is -0.879. The van der Waals surface area contributed by atoms with Crippen LogP contribution in [0.4, 0.5) is 0 Å². The van der Waals surface area contributed by atoms with Crippen LogP contribution in [-0.2, 0) is 4.74 Å². The molecule has 1 atom stereocenters. The van der Waals surface area contributed by atoms with Crippen molar-refractivity contribution in [2.45, 2.75) is 26.1 Å². The monoisotopic (exact) mass is 238 g/mol. The average molecular weight is 238 g/mol. The molecule has 0 aliphatic carbocycles. The predicted octanol–water partition coefficient (Wildman–Crippen LogP) is 2.65. The summed E-state index contributed by atoms with van der Waals surface area (Å²) in [5, 5.41) is 17.1. The number of aromatic carboxylic acids is 1. The Labute approximate surface area is 101 Å². The standard InChI is InChI=1S/C7H6O2.C6H12O2/c8-7(9)6-4-2-1-3-5-6;1-3-5-6(7)8-4-2/h1-5H,(H,8,9);4,6-7H,2-3,5H2,1H3. The van der Waals surface area contributed by atoms with Crippen LogP contribution in [0.3, 0.4) is 0 Å². The maximum Gasteiger partial charge on any atom is 0.335 e. The summed E-state index contributed by atoms with van der Waals surface area (Å²) in [6.45, 7) is 5.28. The Hall–Kier alpha value is -1.81. The van der Waals surface area contributed by atoms with Crippen molar-refractivity contribution in [3.05, 3.63) is 48.7 Å². The average Bonchev–Trinajstić information content (AvgIpc) is 2.32. The second-order valence-electron chi connectivity index (χ2n) is 3.22. The number of aliphatic hydroxyl groups is 1. The predicted molar refractivity (Wildman–Crippen MR) is 65.6 cm³/mol. The lowest BCUT2D eigenvalue weighted by atomic mass is 10.2. The highest BCUT2D eigenvalue weighted by atomic mass is 16.6. The molecular weight excluding hydrogens is 220 g/mol. The third kappa shape index (κ3) is 8.04. The zero-order chi connectivity index (χ0) is 13.1. The minimum Gasteiger partial charge on any atom is -0.478 e. The molecule has 0 aromatic heterocycles. The molecule has 4 heteroatoms. The van der Waals surface area contributed by atoms with Crippen LogP contribution in [0, 0.1) is 0 Å². The van der Waals surface area contributed by atoms with E-state index in [1.54, 1.807) is 30.3 Å². The normalized spacial score (nSPS) is 10.7. The van der Waals surface area contributed by atoms with Crippen molar-refractivity contribution in [2.75, 3.05) is 0 Å². The second-order valence-corrected chi connectivity index (χ2v) is 3.22. The van der Waals surface area contributed by atoms with Crippen LogP contribution in [-0.4, -0.2) is 22.5 Å². The maximum absolute atomic E-state index is 10.2. The molecule has 0 amide bonds. The largest absolute Gasteiger partial charge is 0.478 e. The zero-order valence-electron chi connectivity index (χ0n) is 9.87. The fourth-order valence-corrected chi connectivity index (χ4v) is 1.01. The summed E-state index contributed by atoms with van der Waals surface area (Å²) in [5.41, 5.74) is 0.331. The van der Waals surface area contributed by atoms with Gasteiger partial charge < -0.3 is 14.9 Å². The van der Waals surface area contributed by atoms with E-state index in [-0.39, 0.29) is 0 Å². The van der Waals surface area contributed by atoms with Crippen LogP contribution < -0.4 is 0 Å². The molecule has 0 radical (unpaired) electrons. The first-order valence-corrected chi connectivity index (χ1v) is 5.34. The van der Waals surface area contributed by atoms with E-state index in [2.05, 4.69) is 11.3 Å². The van der Waals surface area contributed by atoms with Gasteiger partial charge in [-0.15, -0.1) is 0 Å². The quantitative estimate of drug-likeness (QED) is 0.611. The molecule has 1 aromatic carbocycles. The van der Waals surface area contributed by atoms with Crippen molar-refractivity contribution in [1.29, 1.82) is 0 Å². The van der Waals surface area contributed by atoms with Gasteiger partial charge in [-0.1, -0.05) is 38.1 Å². The van der Waals surface area contributed by atoms with Crippen molar-refractivity contribution in [1.82, 2.24) is 0 Å².